The minimum absolute atomic E-state index is 0.0343. The van der Waals surface area contributed by atoms with Crippen LogP contribution in [0, 0.1) is 29.6 Å². The lowest BCUT2D eigenvalue weighted by Crippen LogP contribution is -2.54. The molecule has 3 heterocycles. The molecule has 2 saturated heterocycles. The van der Waals surface area contributed by atoms with Gasteiger partial charge in [-0.3, -0.25) is 4.79 Å². The Bertz CT molecular complexity index is 1410. The van der Waals surface area contributed by atoms with Gasteiger partial charge in [-0.2, -0.15) is 0 Å². The zero-order valence-electron chi connectivity index (χ0n) is 35.7. The number of hydrogen-bond acceptors (Lipinski definition) is 8. The van der Waals surface area contributed by atoms with Gasteiger partial charge in [0.15, 0.2) is 5.79 Å². The number of rotatable bonds is 4. The molecular formula is C47H75NO8. The average molecular weight is 782 g/mol. The van der Waals surface area contributed by atoms with Crippen LogP contribution in [0.25, 0.3) is 0 Å². The molecule has 0 unspecified atom stereocenters. The van der Waals surface area contributed by atoms with Gasteiger partial charge in [0.25, 0.3) is 0 Å². The quantitative estimate of drug-likeness (QED) is 0.192. The number of carbonyl (C=O) groups excluding carboxylic acids is 2. The third-order valence-electron chi connectivity index (χ3n) is 13.4. The number of piperidine rings is 1. The molecule has 316 valence electrons. The molecule has 0 aromatic rings. The number of esters is 1. The van der Waals surface area contributed by atoms with E-state index >= 15 is 0 Å². The van der Waals surface area contributed by atoms with Crippen molar-refractivity contribution in [3.63, 3.8) is 0 Å². The highest BCUT2D eigenvalue weighted by Gasteiger charge is 2.46. The Hall–Kier alpha value is -2.56. The predicted octanol–water partition coefficient (Wildman–Crippen LogP) is 8.53. The Balaban J connectivity index is 1.61. The average Bonchev–Trinajstić information content (AvgIpc) is 3.16. The molecule has 1 aliphatic carbocycles. The summed E-state index contributed by atoms with van der Waals surface area (Å²) in [6, 6.07) is -0.743. The summed E-state index contributed by atoms with van der Waals surface area (Å²) in [5.74, 6) is -1.62. The number of cyclic esters (lactones) is 1. The molecule has 9 nitrogen and oxygen atoms in total. The Labute approximate surface area is 338 Å². The molecule has 1 amide bonds. The van der Waals surface area contributed by atoms with E-state index in [1.807, 2.05) is 45.1 Å². The molecule has 0 aromatic heterocycles. The zero-order chi connectivity index (χ0) is 41.0. The van der Waals surface area contributed by atoms with Crippen molar-refractivity contribution < 1.29 is 39.1 Å². The molecule has 0 aromatic carbocycles. The van der Waals surface area contributed by atoms with Crippen LogP contribution in [0.1, 0.15) is 138 Å². The number of amides is 1. The maximum Gasteiger partial charge on any atom is 0.329 e. The lowest BCUT2D eigenvalue weighted by molar-refractivity contribution is -0.284. The van der Waals surface area contributed by atoms with Crippen molar-refractivity contribution in [1.29, 1.82) is 0 Å². The largest absolute Gasteiger partial charge is 0.460 e. The number of nitrogens with zero attached hydrogens (tertiary/aromatic N) is 1. The maximum absolute atomic E-state index is 14.2. The highest BCUT2D eigenvalue weighted by molar-refractivity contribution is 5.85. The minimum Gasteiger partial charge on any atom is -0.460 e. The van der Waals surface area contributed by atoms with Crippen LogP contribution in [0.2, 0.25) is 0 Å². The summed E-state index contributed by atoms with van der Waals surface area (Å²) in [4.78, 5) is 29.9. The highest BCUT2D eigenvalue weighted by Crippen LogP contribution is 2.38. The third-order valence-corrected chi connectivity index (χ3v) is 13.4. The van der Waals surface area contributed by atoms with Gasteiger partial charge < -0.3 is 34.4 Å². The van der Waals surface area contributed by atoms with Crippen LogP contribution < -0.4 is 0 Å². The first-order valence-corrected chi connectivity index (χ1v) is 21.7. The standard InChI is InChI=1S/C47H75NO8/c1-31-14-10-9-11-15-33(3)44(54-8)29-40-23-18-37(7)47(53,56-40)30-45(51)48-25-13-12-16-41(48)46(52)55-43(36(6)27-38-19-21-39(49)22-20-38)24-17-32(2)42(50)28-35(5)34(4)26-31/h9-11,14-15,17,31,34,36-44,49-50,53H,5,12-13,16,18-30H2,1-4,6-8H3/b11-9+,14-10+,32-17+,33-15+/t31-,34-,36-,37-,38-,39-,40+,41+,42+,43+,44+,47+/m1/s1. The molecule has 9 heteroatoms. The smallest absolute Gasteiger partial charge is 0.329 e. The van der Waals surface area contributed by atoms with Crippen LogP contribution in [0.3, 0.4) is 0 Å². The SMILES string of the molecule is C=C1C[C@H](O)/C(C)=C/C[C@@H]([C@H](C)C[C@H]2CC[C@H](O)CC2)OC(=O)[C@@H]2CCCCN2C(=O)C[C@]2(O)O[C@@H](CC[C@H]2C)C[C@H](OC)/C(C)=C/C=C/C=C/[C@@H](C)C[C@H]1C. The Morgan fingerprint density at radius 1 is 0.964 bits per heavy atom. The summed E-state index contributed by atoms with van der Waals surface area (Å²) >= 11 is 0. The molecule has 0 spiro atoms. The van der Waals surface area contributed by atoms with Crippen molar-refractivity contribution in [2.24, 2.45) is 29.6 Å². The van der Waals surface area contributed by atoms with Gasteiger partial charge in [0.1, 0.15) is 12.1 Å². The maximum atomic E-state index is 14.2. The molecule has 2 bridgehead atoms. The molecule has 0 radical (unpaired) electrons. The van der Waals surface area contributed by atoms with Crippen LogP contribution in [0.4, 0.5) is 0 Å². The molecule has 1 saturated carbocycles. The Morgan fingerprint density at radius 2 is 1.70 bits per heavy atom. The van der Waals surface area contributed by atoms with Crippen molar-refractivity contribution in [3.05, 3.63) is 59.8 Å². The molecule has 3 N–H and O–H groups in total. The van der Waals surface area contributed by atoms with Crippen LogP contribution in [0.15, 0.2) is 59.8 Å². The van der Waals surface area contributed by atoms with E-state index in [4.69, 9.17) is 14.2 Å². The molecule has 4 rings (SSSR count). The summed E-state index contributed by atoms with van der Waals surface area (Å²) < 4.78 is 18.7. The Kier molecular flexibility index (Phi) is 18.1. The van der Waals surface area contributed by atoms with E-state index in [0.29, 0.717) is 50.5 Å². The van der Waals surface area contributed by atoms with Crippen molar-refractivity contribution in [1.82, 2.24) is 4.90 Å². The van der Waals surface area contributed by atoms with Crippen molar-refractivity contribution in [2.75, 3.05) is 13.7 Å². The van der Waals surface area contributed by atoms with Crippen LogP contribution >= 0.6 is 0 Å². The second kappa shape index (κ2) is 22.0. The van der Waals surface area contributed by atoms with E-state index in [-0.39, 0.29) is 48.4 Å². The van der Waals surface area contributed by atoms with Crippen molar-refractivity contribution in [3.8, 4) is 0 Å². The number of ether oxygens (including phenoxy) is 3. The molecule has 3 aliphatic heterocycles. The van der Waals surface area contributed by atoms with E-state index in [2.05, 4.69) is 39.5 Å². The topological polar surface area (TPSA) is 126 Å². The van der Waals surface area contributed by atoms with Crippen molar-refractivity contribution >= 4 is 11.9 Å². The van der Waals surface area contributed by atoms with E-state index in [1.165, 1.54) is 0 Å². The van der Waals surface area contributed by atoms with Crippen molar-refractivity contribution in [2.45, 2.75) is 180 Å². The first kappa shape index (κ1) is 46.1. The van der Waals surface area contributed by atoms with Gasteiger partial charge in [0.2, 0.25) is 5.91 Å². The fourth-order valence-electron chi connectivity index (χ4n) is 9.17. The lowest BCUT2D eigenvalue weighted by atomic mass is 9.80. The summed E-state index contributed by atoms with van der Waals surface area (Å²) in [5, 5.41) is 33.3. The molecule has 3 fully saturated rings. The zero-order valence-corrected chi connectivity index (χ0v) is 35.7. The van der Waals surface area contributed by atoms with Gasteiger partial charge in [0.05, 0.1) is 30.8 Å². The van der Waals surface area contributed by atoms with E-state index in [9.17, 15) is 24.9 Å². The second-order valence-corrected chi connectivity index (χ2v) is 18.0. The van der Waals surface area contributed by atoms with Crippen LogP contribution in [-0.4, -0.2) is 88.1 Å². The summed E-state index contributed by atoms with van der Waals surface area (Å²) in [5.41, 5.74) is 2.87. The molecule has 4 aliphatic rings. The monoisotopic (exact) mass is 782 g/mol. The molecule has 56 heavy (non-hydrogen) atoms. The fourth-order valence-corrected chi connectivity index (χ4v) is 9.17. The number of allylic oxidation sites excluding steroid dienone is 5. The van der Waals surface area contributed by atoms with Gasteiger partial charge in [-0.25, -0.2) is 4.79 Å². The predicted molar refractivity (Wildman–Crippen MR) is 222 cm³/mol. The van der Waals surface area contributed by atoms with Gasteiger partial charge >= 0.3 is 5.97 Å². The fraction of sp³-hybridized carbons (Fsp3) is 0.745. The van der Waals surface area contributed by atoms with Crippen LogP contribution in [-0.2, 0) is 23.8 Å². The van der Waals surface area contributed by atoms with Gasteiger partial charge in [-0.05, 0) is 126 Å². The number of aliphatic hydroxyl groups is 3. The van der Waals surface area contributed by atoms with Gasteiger partial charge in [-0.15, -0.1) is 0 Å². The van der Waals surface area contributed by atoms with Gasteiger partial charge in [0, 0.05) is 32.4 Å². The minimum atomic E-state index is -1.66. The number of fused-ring (bicyclic) bond motifs is 3. The number of hydrogen-bond donors (Lipinski definition) is 3. The summed E-state index contributed by atoms with van der Waals surface area (Å²) in [6.45, 7) is 17.1. The van der Waals surface area contributed by atoms with E-state index < -0.39 is 30.0 Å². The highest BCUT2D eigenvalue weighted by atomic mass is 16.6. The van der Waals surface area contributed by atoms with E-state index in [1.54, 1.807) is 12.0 Å². The normalized spacial score (nSPS) is 40.5. The first-order valence-electron chi connectivity index (χ1n) is 21.7. The first-order chi connectivity index (χ1) is 26.6. The second-order valence-electron chi connectivity index (χ2n) is 18.0. The molecular weight excluding hydrogens is 707 g/mol. The summed E-state index contributed by atoms with van der Waals surface area (Å²) in [6.07, 6.45) is 20.5. The van der Waals surface area contributed by atoms with E-state index in [0.717, 1.165) is 74.5 Å². The Morgan fingerprint density at radius 3 is 2.41 bits per heavy atom. The van der Waals surface area contributed by atoms with Gasteiger partial charge in [-0.1, -0.05) is 76.3 Å². The third kappa shape index (κ3) is 13.5. The number of methoxy groups -OCH3 is 1. The lowest BCUT2D eigenvalue weighted by Gasteiger charge is -2.44. The summed E-state index contributed by atoms with van der Waals surface area (Å²) in [7, 11) is 1.68. The number of aliphatic hydroxyl groups excluding tert-OH is 2. The molecule has 10 atom stereocenters. The van der Waals surface area contributed by atoms with Crippen LogP contribution in [0.5, 0.6) is 0 Å². The number of carbonyl (C=O) groups is 2.